The number of esters is 3. The van der Waals surface area contributed by atoms with Crippen LogP contribution in [0.3, 0.4) is 0 Å². The van der Waals surface area contributed by atoms with Gasteiger partial charge >= 0.3 is 24.4 Å². The minimum absolute atomic E-state index is 0.0759. The predicted octanol–water partition coefficient (Wildman–Crippen LogP) is -0.198. The zero-order valence-corrected chi connectivity index (χ0v) is 8.38. The van der Waals surface area contributed by atoms with E-state index in [1.165, 1.54) is 0 Å². The van der Waals surface area contributed by atoms with Crippen molar-refractivity contribution in [1.29, 1.82) is 0 Å². The summed E-state index contributed by atoms with van der Waals surface area (Å²) in [6, 6.07) is 0. The number of carbonyl (C=O) groups is 4. The third-order valence-electron chi connectivity index (χ3n) is 3.15. The van der Waals surface area contributed by atoms with Gasteiger partial charge in [-0.15, -0.1) is 0 Å². The van der Waals surface area contributed by atoms with Crippen LogP contribution in [-0.2, 0) is 28.7 Å². The fourth-order valence-corrected chi connectivity index (χ4v) is 2.32. The molecule has 2 rings (SSSR count). The molecule has 0 N–H and O–H groups in total. The summed E-state index contributed by atoms with van der Waals surface area (Å²) in [5, 5.41) is 0. The number of fused-ring (bicyclic) bond motifs is 1. The first-order chi connectivity index (χ1) is 7.63. The predicted molar refractivity (Wildman–Crippen MR) is 47.6 cm³/mol. The highest BCUT2D eigenvalue weighted by Crippen LogP contribution is 2.39. The van der Waals surface area contributed by atoms with E-state index < -0.39 is 35.7 Å². The molecule has 0 radical (unpaired) electrons. The van der Waals surface area contributed by atoms with Gasteiger partial charge < -0.3 is 9.47 Å². The fraction of sp³-hybridized carbons (Fsp3) is 0.600. The lowest BCUT2D eigenvalue weighted by molar-refractivity contribution is -0.157. The Labute approximate surface area is 90.9 Å². The highest BCUT2D eigenvalue weighted by molar-refractivity contribution is 5.97. The van der Waals surface area contributed by atoms with Crippen LogP contribution in [0.5, 0.6) is 0 Å². The molecular formula is C10H10O6. The second-order valence-corrected chi connectivity index (χ2v) is 4.00. The van der Waals surface area contributed by atoms with Gasteiger partial charge in [0.25, 0.3) is 0 Å². The summed E-state index contributed by atoms with van der Waals surface area (Å²) >= 11 is 0. The molecule has 86 valence electrons. The number of hydrogen-bond donors (Lipinski definition) is 0. The van der Waals surface area contributed by atoms with Gasteiger partial charge in [-0.25, -0.2) is 0 Å². The van der Waals surface area contributed by atoms with Crippen molar-refractivity contribution in [3.8, 4) is 0 Å². The average Bonchev–Trinajstić information content (AvgIpc) is 2.55. The van der Waals surface area contributed by atoms with Crippen LogP contribution in [0, 0.1) is 17.8 Å². The van der Waals surface area contributed by atoms with E-state index in [0.29, 0.717) is 12.8 Å². The van der Waals surface area contributed by atoms with Crippen LogP contribution in [0.25, 0.3) is 0 Å². The third kappa shape index (κ3) is 1.70. The molecule has 0 aromatic heterocycles. The third-order valence-corrected chi connectivity index (χ3v) is 3.15. The molecule has 1 aliphatic heterocycles. The summed E-state index contributed by atoms with van der Waals surface area (Å²) in [5.74, 6) is -3.18. The van der Waals surface area contributed by atoms with Crippen LogP contribution in [0.4, 0.5) is 0 Å². The van der Waals surface area contributed by atoms with E-state index in [1.54, 1.807) is 0 Å². The summed E-state index contributed by atoms with van der Waals surface area (Å²) in [7, 11) is 0. The maximum Gasteiger partial charge on any atom is 0.317 e. The van der Waals surface area contributed by atoms with Gasteiger partial charge in [-0.05, 0) is 19.3 Å². The Hall–Kier alpha value is -1.72. The quantitative estimate of drug-likeness (QED) is 0.368. The normalized spacial score (nSPS) is 32.9. The lowest BCUT2D eigenvalue weighted by atomic mass is 9.75. The van der Waals surface area contributed by atoms with Crippen LogP contribution >= 0.6 is 0 Å². The van der Waals surface area contributed by atoms with Crippen molar-refractivity contribution in [2.75, 3.05) is 0 Å². The van der Waals surface area contributed by atoms with Gasteiger partial charge in [-0.3, -0.25) is 19.2 Å². The Morgan fingerprint density at radius 1 is 1.25 bits per heavy atom. The smallest absolute Gasteiger partial charge is 0.317 e. The maximum atomic E-state index is 11.3. The molecule has 1 aliphatic carbocycles. The van der Waals surface area contributed by atoms with Crippen molar-refractivity contribution in [2.24, 2.45) is 17.8 Å². The van der Waals surface area contributed by atoms with E-state index in [0.717, 1.165) is 0 Å². The topological polar surface area (TPSA) is 86.7 Å². The molecule has 1 heterocycles. The SMILES string of the molecule is O=COC(=O)[C@@H]1CC[C@H]2C(=O)OC(=O)[C@H]2C1. The van der Waals surface area contributed by atoms with E-state index in [2.05, 4.69) is 9.47 Å². The molecule has 6 heteroatoms. The maximum absolute atomic E-state index is 11.3. The Morgan fingerprint density at radius 3 is 2.62 bits per heavy atom. The number of hydrogen-bond acceptors (Lipinski definition) is 6. The summed E-state index contributed by atoms with van der Waals surface area (Å²) in [6.07, 6.45) is 1.09. The molecule has 0 amide bonds. The summed E-state index contributed by atoms with van der Waals surface area (Å²) in [5.41, 5.74) is 0. The zero-order valence-electron chi connectivity index (χ0n) is 8.38. The van der Waals surface area contributed by atoms with E-state index in [9.17, 15) is 19.2 Å². The molecular weight excluding hydrogens is 216 g/mol. The largest absolute Gasteiger partial charge is 0.395 e. The molecule has 2 aliphatic rings. The Kier molecular flexibility index (Phi) is 2.72. The van der Waals surface area contributed by atoms with E-state index in [1.807, 2.05) is 0 Å². The van der Waals surface area contributed by atoms with Crippen LogP contribution in [0.2, 0.25) is 0 Å². The van der Waals surface area contributed by atoms with Gasteiger partial charge in [-0.1, -0.05) is 0 Å². The Morgan fingerprint density at radius 2 is 1.94 bits per heavy atom. The monoisotopic (exact) mass is 226 g/mol. The van der Waals surface area contributed by atoms with Crippen LogP contribution in [0.1, 0.15) is 19.3 Å². The van der Waals surface area contributed by atoms with Gasteiger partial charge in [0.15, 0.2) is 0 Å². The first-order valence-electron chi connectivity index (χ1n) is 5.03. The summed E-state index contributed by atoms with van der Waals surface area (Å²) in [4.78, 5) is 43.8. The minimum Gasteiger partial charge on any atom is -0.395 e. The standard InChI is InChI=1S/C10H10O6/c11-4-15-8(12)5-1-2-6-7(3-5)10(14)16-9(6)13/h4-7H,1-3H2/t5-,6-,7+/m1/s1. The number of cyclic esters (lactones) is 2. The van der Waals surface area contributed by atoms with Crippen LogP contribution in [-0.4, -0.2) is 24.4 Å². The van der Waals surface area contributed by atoms with Crippen molar-refractivity contribution in [3.63, 3.8) is 0 Å². The van der Waals surface area contributed by atoms with Gasteiger partial charge in [0, 0.05) is 0 Å². The van der Waals surface area contributed by atoms with Crippen LogP contribution in [0.15, 0.2) is 0 Å². The molecule has 3 atom stereocenters. The van der Waals surface area contributed by atoms with Gasteiger partial charge in [0.1, 0.15) is 0 Å². The minimum atomic E-state index is -0.638. The van der Waals surface area contributed by atoms with Crippen LogP contribution < -0.4 is 0 Å². The first-order valence-corrected chi connectivity index (χ1v) is 5.03. The van der Waals surface area contributed by atoms with Gasteiger partial charge in [-0.2, -0.15) is 0 Å². The van der Waals surface area contributed by atoms with E-state index >= 15 is 0 Å². The number of rotatable bonds is 2. The lowest BCUT2D eigenvalue weighted by Gasteiger charge is -2.25. The van der Waals surface area contributed by atoms with Gasteiger partial charge in [0.05, 0.1) is 17.8 Å². The summed E-state index contributed by atoms with van der Waals surface area (Å²) < 4.78 is 8.73. The zero-order chi connectivity index (χ0) is 11.7. The van der Waals surface area contributed by atoms with Gasteiger partial charge in [0.2, 0.25) is 0 Å². The van der Waals surface area contributed by atoms with Crippen molar-refractivity contribution in [3.05, 3.63) is 0 Å². The number of ether oxygens (including phenoxy) is 2. The summed E-state index contributed by atoms with van der Waals surface area (Å²) in [6.45, 7) is 0.0759. The molecule has 0 unspecified atom stereocenters. The molecule has 6 nitrogen and oxygen atoms in total. The molecule has 16 heavy (non-hydrogen) atoms. The van der Waals surface area contributed by atoms with Crippen molar-refractivity contribution in [1.82, 2.24) is 0 Å². The van der Waals surface area contributed by atoms with E-state index in [4.69, 9.17) is 0 Å². The molecule has 0 spiro atoms. The second kappa shape index (κ2) is 4.03. The molecule has 1 saturated carbocycles. The highest BCUT2D eigenvalue weighted by atomic mass is 16.6. The fourth-order valence-electron chi connectivity index (χ4n) is 2.32. The van der Waals surface area contributed by atoms with Crippen molar-refractivity contribution in [2.45, 2.75) is 19.3 Å². The average molecular weight is 226 g/mol. The molecule has 0 aromatic rings. The molecule has 0 bridgehead atoms. The molecule has 0 aromatic carbocycles. The van der Waals surface area contributed by atoms with Crippen molar-refractivity contribution < 1.29 is 28.7 Å². The highest BCUT2D eigenvalue weighted by Gasteiger charge is 2.49. The Bertz CT molecular complexity index is 360. The lowest BCUT2D eigenvalue weighted by Crippen LogP contribution is -2.31. The molecule has 2 fully saturated rings. The molecule has 1 saturated heterocycles. The first kappa shape index (κ1) is 10.8. The van der Waals surface area contributed by atoms with E-state index in [-0.39, 0.29) is 12.9 Å². The second-order valence-electron chi connectivity index (χ2n) is 4.00. The Balaban J connectivity index is 2.05. The number of carbonyl (C=O) groups excluding carboxylic acids is 4. The van der Waals surface area contributed by atoms with Crippen molar-refractivity contribution >= 4 is 24.4 Å².